The molecule has 0 saturated carbocycles. The second-order valence-electron chi connectivity index (χ2n) is 6.96. The van der Waals surface area contributed by atoms with E-state index in [4.69, 9.17) is 16.6 Å². The Hall–Kier alpha value is -2.71. The first-order chi connectivity index (χ1) is 13.8. The minimum absolute atomic E-state index is 0.144. The monoisotopic (exact) mass is 428 g/mol. The van der Waals surface area contributed by atoms with Gasteiger partial charge in [-0.05, 0) is 50.6 Å². The minimum atomic E-state index is -0.144. The Balaban J connectivity index is 1.73. The summed E-state index contributed by atoms with van der Waals surface area (Å²) in [6, 6.07) is 7.55. The van der Waals surface area contributed by atoms with Crippen molar-refractivity contribution in [2.75, 3.05) is 11.4 Å². The molecule has 0 atom stereocenters. The molecule has 0 aliphatic rings. The summed E-state index contributed by atoms with van der Waals surface area (Å²) in [6.45, 7) is 6.92. The van der Waals surface area contributed by atoms with Gasteiger partial charge in [0, 0.05) is 30.5 Å². The number of carbonyl (C=O) groups excluding carboxylic acids is 1. The van der Waals surface area contributed by atoms with Gasteiger partial charge in [0.1, 0.15) is 5.69 Å². The topological polar surface area (TPSA) is 68.8 Å². The van der Waals surface area contributed by atoms with Gasteiger partial charge in [-0.1, -0.05) is 22.9 Å². The maximum absolute atomic E-state index is 13.3. The fourth-order valence-electron chi connectivity index (χ4n) is 3.31. The molecule has 0 bridgehead atoms. The van der Waals surface area contributed by atoms with E-state index >= 15 is 0 Å². The molecule has 9 heteroatoms. The molecule has 0 aliphatic heterocycles. The number of aromatic nitrogens is 5. The van der Waals surface area contributed by atoms with Gasteiger partial charge in [-0.2, -0.15) is 10.2 Å². The van der Waals surface area contributed by atoms with Gasteiger partial charge in [0.25, 0.3) is 5.91 Å². The molecule has 1 amide bonds. The number of rotatable bonds is 5. The van der Waals surface area contributed by atoms with Crippen molar-refractivity contribution in [1.82, 2.24) is 24.5 Å². The molecule has 0 N–H and O–H groups in total. The van der Waals surface area contributed by atoms with Crippen LogP contribution in [-0.4, -0.2) is 37.0 Å². The molecule has 0 spiro atoms. The molecule has 4 rings (SSSR count). The molecule has 0 fully saturated rings. The van der Waals surface area contributed by atoms with Gasteiger partial charge < -0.3 is 0 Å². The highest BCUT2D eigenvalue weighted by Gasteiger charge is 2.24. The van der Waals surface area contributed by atoms with Crippen molar-refractivity contribution in [2.45, 2.75) is 27.3 Å². The Labute approximate surface area is 177 Å². The maximum Gasteiger partial charge on any atom is 0.278 e. The number of hydrogen-bond donors (Lipinski definition) is 0. The molecule has 0 aliphatic carbocycles. The van der Waals surface area contributed by atoms with E-state index in [1.807, 2.05) is 43.7 Å². The summed E-state index contributed by atoms with van der Waals surface area (Å²) >= 11 is 7.74. The molecular weight excluding hydrogens is 408 g/mol. The Morgan fingerprint density at radius 2 is 2.03 bits per heavy atom. The van der Waals surface area contributed by atoms with Crippen molar-refractivity contribution in [3.63, 3.8) is 0 Å². The van der Waals surface area contributed by atoms with Crippen LogP contribution in [0.15, 0.2) is 30.5 Å². The Morgan fingerprint density at radius 3 is 2.69 bits per heavy atom. The van der Waals surface area contributed by atoms with Crippen molar-refractivity contribution in [1.29, 1.82) is 0 Å². The lowest BCUT2D eigenvalue weighted by molar-refractivity contribution is 0.0976. The van der Waals surface area contributed by atoms with Gasteiger partial charge >= 0.3 is 0 Å². The van der Waals surface area contributed by atoms with Crippen LogP contribution >= 0.6 is 22.9 Å². The molecular formula is C20H21ClN6OS. The highest BCUT2D eigenvalue weighted by atomic mass is 35.5. The van der Waals surface area contributed by atoms with Gasteiger partial charge in [-0.15, -0.1) is 0 Å². The summed E-state index contributed by atoms with van der Waals surface area (Å²) in [6.07, 6.45) is 1.62. The molecule has 0 unspecified atom stereocenters. The molecule has 7 nitrogen and oxygen atoms in total. The van der Waals surface area contributed by atoms with Crippen molar-refractivity contribution in [3.05, 3.63) is 58.1 Å². The largest absolute Gasteiger partial charge is 0.281 e. The zero-order chi connectivity index (χ0) is 20.7. The third-order valence-corrected chi connectivity index (χ3v) is 6.34. The highest BCUT2D eigenvalue weighted by Crippen LogP contribution is 2.34. The average Bonchev–Trinajstić information content (AvgIpc) is 3.37. The van der Waals surface area contributed by atoms with E-state index in [-0.39, 0.29) is 5.91 Å². The van der Waals surface area contributed by atoms with Gasteiger partial charge in [0.15, 0.2) is 5.13 Å². The molecule has 1 aromatic carbocycles. The standard InChI is InChI=1S/C20H21ClN6OS/c1-12-11-13(2)27(24-12)10-9-26(19(28)16-7-8-22-25(16)4)20-23-18-14(3)15(21)5-6-17(18)29-20/h5-8,11H,9-10H2,1-4H3. The van der Waals surface area contributed by atoms with E-state index in [0.717, 1.165) is 27.2 Å². The quantitative estimate of drug-likeness (QED) is 0.478. The summed E-state index contributed by atoms with van der Waals surface area (Å²) in [4.78, 5) is 19.8. The fourth-order valence-corrected chi connectivity index (χ4v) is 4.51. The van der Waals surface area contributed by atoms with Gasteiger partial charge in [-0.3, -0.25) is 19.1 Å². The first-order valence-corrected chi connectivity index (χ1v) is 10.4. The molecule has 29 heavy (non-hydrogen) atoms. The predicted octanol–water partition coefficient (Wildman–Crippen LogP) is 4.15. The van der Waals surface area contributed by atoms with E-state index in [0.29, 0.717) is 28.9 Å². The van der Waals surface area contributed by atoms with Gasteiger partial charge in [0.2, 0.25) is 0 Å². The number of thiazole rings is 1. The second-order valence-corrected chi connectivity index (χ2v) is 8.38. The lowest BCUT2D eigenvalue weighted by Gasteiger charge is -2.20. The maximum atomic E-state index is 13.3. The summed E-state index contributed by atoms with van der Waals surface area (Å²) in [7, 11) is 1.76. The number of fused-ring (bicyclic) bond motifs is 1. The summed E-state index contributed by atoms with van der Waals surface area (Å²) in [5, 5.41) is 9.95. The van der Waals surface area contributed by atoms with E-state index in [9.17, 15) is 4.79 Å². The number of nitrogens with zero attached hydrogens (tertiary/aromatic N) is 6. The number of hydrogen-bond acceptors (Lipinski definition) is 5. The van der Waals surface area contributed by atoms with Crippen molar-refractivity contribution in [3.8, 4) is 0 Å². The Kier molecular flexibility index (Phi) is 5.14. The van der Waals surface area contributed by atoms with E-state index in [1.165, 1.54) is 11.3 Å². The molecule has 4 aromatic rings. The van der Waals surface area contributed by atoms with E-state index in [2.05, 4.69) is 10.2 Å². The van der Waals surface area contributed by atoms with Crippen LogP contribution in [0.3, 0.4) is 0 Å². The van der Waals surface area contributed by atoms with Crippen LogP contribution in [0.25, 0.3) is 10.2 Å². The predicted molar refractivity (Wildman–Crippen MR) is 116 cm³/mol. The fraction of sp³-hybridized carbons (Fsp3) is 0.300. The smallest absolute Gasteiger partial charge is 0.278 e. The summed E-state index contributed by atoms with van der Waals surface area (Å²) < 4.78 is 4.48. The number of aryl methyl sites for hydroxylation is 4. The first kappa shape index (κ1) is 19.6. The van der Waals surface area contributed by atoms with Crippen LogP contribution in [0.5, 0.6) is 0 Å². The SMILES string of the molecule is Cc1cc(C)n(CCN(C(=O)c2ccnn2C)c2nc3c(C)c(Cl)ccc3s2)n1. The van der Waals surface area contributed by atoms with E-state index in [1.54, 1.807) is 28.9 Å². The van der Waals surface area contributed by atoms with Crippen LogP contribution in [-0.2, 0) is 13.6 Å². The van der Waals surface area contributed by atoms with Crippen LogP contribution in [0.1, 0.15) is 27.4 Å². The number of halogens is 1. The van der Waals surface area contributed by atoms with E-state index < -0.39 is 0 Å². The average molecular weight is 429 g/mol. The van der Waals surface area contributed by atoms with Crippen LogP contribution in [0, 0.1) is 20.8 Å². The zero-order valence-corrected chi connectivity index (χ0v) is 18.3. The highest BCUT2D eigenvalue weighted by molar-refractivity contribution is 7.22. The van der Waals surface area contributed by atoms with Crippen molar-refractivity contribution in [2.24, 2.45) is 7.05 Å². The van der Waals surface area contributed by atoms with Gasteiger partial charge in [0.05, 0.1) is 22.5 Å². The number of amides is 1. The normalized spacial score (nSPS) is 11.3. The lowest BCUT2D eigenvalue weighted by atomic mass is 10.2. The van der Waals surface area contributed by atoms with Crippen LogP contribution in [0.4, 0.5) is 5.13 Å². The minimum Gasteiger partial charge on any atom is -0.281 e. The summed E-state index contributed by atoms with van der Waals surface area (Å²) in [5.41, 5.74) is 4.26. The molecule has 150 valence electrons. The first-order valence-electron chi connectivity index (χ1n) is 9.21. The third-order valence-electron chi connectivity index (χ3n) is 4.89. The molecule has 3 aromatic heterocycles. The van der Waals surface area contributed by atoms with Crippen LogP contribution in [0.2, 0.25) is 5.02 Å². The lowest BCUT2D eigenvalue weighted by Crippen LogP contribution is -2.35. The van der Waals surface area contributed by atoms with Crippen molar-refractivity contribution >= 4 is 44.2 Å². The Bertz CT molecular complexity index is 1210. The molecule has 3 heterocycles. The number of benzene rings is 1. The third kappa shape index (κ3) is 3.65. The van der Waals surface area contributed by atoms with Gasteiger partial charge in [-0.25, -0.2) is 4.98 Å². The molecule has 0 radical (unpaired) electrons. The number of carbonyl (C=O) groups is 1. The second kappa shape index (κ2) is 7.61. The van der Waals surface area contributed by atoms with Crippen molar-refractivity contribution < 1.29 is 4.79 Å². The summed E-state index contributed by atoms with van der Waals surface area (Å²) in [5.74, 6) is -0.144. The zero-order valence-electron chi connectivity index (χ0n) is 16.7. The number of anilines is 1. The molecule has 0 saturated heterocycles. The Morgan fingerprint density at radius 1 is 1.24 bits per heavy atom. The van der Waals surface area contributed by atoms with Crippen LogP contribution < -0.4 is 4.90 Å².